The van der Waals surface area contributed by atoms with Crippen molar-refractivity contribution >= 4 is 45.7 Å². The highest BCUT2D eigenvalue weighted by molar-refractivity contribution is 6.35. The lowest BCUT2D eigenvalue weighted by Gasteiger charge is -2.10. The van der Waals surface area contributed by atoms with Gasteiger partial charge in [0.1, 0.15) is 11.3 Å². The van der Waals surface area contributed by atoms with Gasteiger partial charge in [0.05, 0.1) is 10.7 Å². The Bertz CT molecular complexity index is 863. The SMILES string of the molecule is O=C(COc1cccc2cccnc12)Nc1cc(Cl)ccc1Cl. The second-order valence-corrected chi connectivity index (χ2v) is 5.64. The third kappa shape index (κ3) is 3.73. The van der Waals surface area contributed by atoms with Crippen LogP contribution >= 0.6 is 23.2 Å². The number of pyridine rings is 1. The molecule has 0 bridgehead atoms. The molecule has 0 atom stereocenters. The predicted octanol–water partition coefficient (Wildman–Crippen LogP) is 4.56. The fourth-order valence-corrected chi connectivity index (χ4v) is 2.45. The number of carbonyl (C=O) groups excluding carboxylic acids is 1. The normalized spacial score (nSPS) is 10.5. The molecule has 6 heteroatoms. The Kier molecular flexibility index (Phi) is 4.65. The first kappa shape index (κ1) is 15.6. The largest absolute Gasteiger partial charge is 0.481 e. The number of nitrogens with zero attached hydrogens (tertiary/aromatic N) is 1. The summed E-state index contributed by atoms with van der Waals surface area (Å²) in [5.41, 5.74) is 1.16. The Hall–Kier alpha value is -2.30. The minimum absolute atomic E-state index is 0.154. The molecular weight excluding hydrogens is 335 g/mol. The first-order valence-electron chi connectivity index (χ1n) is 6.85. The van der Waals surface area contributed by atoms with Gasteiger partial charge in [-0.2, -0.15) is 0 Å². The lowest BCUT2D eigenvalue weighted by Crippen LogP contribution is -2.20. The van der Waals surface area contributed by atoms with E-state index in [0.29, 0.717) is 27.0 Å². The number of rotatable bonds is 4. The van der Waals surface area contributed by atoms with Crippen LogP contribution in [-0.4, -0.2) is 17.5 Å². The molecule has 0 unspecified atom stereocenters. The van der Waals surface area contributed by atoms with E-state index in [0.717, 1.165) is 5.39 Å². The van der Waals surface area contributed by atoms with Crippen LogP contribution in [0.4, 0.5) is 5.69 Å². The van der Waals surface area contributed by atoms with Crippen LogP contribution in [0.2, 0.25) is 10.0 Å². The molecule has 0 saturated carbocycles. The molecule has 1 heterocycles. The minimum atomic E-state index is -0.331. The number of anilines is 1. The Morgan fingerprint density at radius 3 is 2.83 bits per heavy atom. The van der Waals surface area contributed by atoms with Gasteiger partial charge in [-0.15, -0.1) is 0 Å². The van der Waals surface area contributed by atoms with Crippen LogP contribution in [0.25, 0.3) is 10.9 Å². The second kappa shape index (κ2) is 6.86. The van der Waals surface area contributed by atoms with Crippen molar-refractivity contribution in [3.63, 3.8) is 0 Å². The fourth-order valence-electron chi connectivity index (χ4n) is 2.12. The van der Waals surface area contributed by atoms with Gasteiger partial charge < -0.3 is 10.1 Å². The van der Waals surface area contributed by atoms with Gasteiger partial charge in [-0.05, 0) is 30.3 Å². The average molecular weight is 347 g/mol. The molecule has 0 radical (unpaired) electrons. The average Bonchev–Trinajstić information content (AvgIpc) is 2.56. The minimum Gasteiger partial charge on any atom is -0.481 e. The molecule has 3 rings (SSSR count). The molecule has 116 valence electrons. The summed E-state index contributed by atoms with van der Waals surface area (Å²) >= 11 is 11.9. The zero-order chi connectivity index (χ0) is 16.2. The number of halogens is 2. The Labute approximate surface area is 143 Å². The highest BCUT2D eigenvalue weighted by Gasteiger charge is 2.09. The molecule has 0 aliphatic rings. The quantitative estimate of drug-likeness (QED) is 0.753. The molecule has 0 saturated heterocycles. The lowest BCUT2D eigenvalue weighted by molar-refractivity contribution is -0.118. The van der Waals surface area contributed by atoms with Gasteiger partial charge in [-0.1, -0.05) is 41.4 Å². The number of ether oxygens (including phenoxy) is 1. The number of amides is 1. The van der Waals surface area contributed by atoms with Crippen LogP contribution in [-0.2, 0) is 4.79 Å². The van der Waals surface area contributed by atoms with Crippen molar-refractivity contribution in [1.29, 1.82) is 0 Å². The van der Waals surface area contributed by atoms with E-state index in [1.54, 1.807) is 30.5 Å². The number of hydrogen-bond donors (Lipinski definition) is 1. The number of aromatic nitrogens is 1. The molecule has 0 fully saturated rings. The van der Waals surface area contributed by atoms with Gasteiger partial charge in [0.15, 0.2) is 6.61 Å². The number of para-hydroxylation sites is 1. The monoisotopic (exact) mass is 346 g/mol. The van der Waals surface area contributed by atoms with Gasteiger partial charge in [0.25, 0.3) is 5.91 Å². The van der Waals surface area contributed by atoms with Crippen molar-refractivity contribution in [3.8, 4) is 5.75 Å². The summed E-state index contributed by atoms with van der Waals surface area (Å²) in [6.45, 7) is -0.154. The second-order valence-electron chi connectivity index (χ2n) is 4.79. The van der Waals surface area contributed by atoms with Gasteiger partial charge in [0.2, 0.25) is 0 Å². The van der Waals surface area contributed by atoms with Crippen molar-refractivity contribution in [2.45, 2.75) is 0 Å². The van der Waals surface area contributed by atoms with Crippen molar-refractivity contribution in [3.05, 3.63) is 64.8 Å². The molecule has 1 aromatic heterocycles. The van der Waals surface area contributed by atoms with E-state index in [1.165, 1.54) is 0 Å². The fraction of sp³-hybridized carbons (Fsp3) is 0.0588. The van der Waals surface area contributed by atoms with Crippen molar-refractivity contribution < 1.29 is 9.53 Å². The highest BCUT2D eigenvalue weighted by Crippen LogP contribution is 2.26. The Morgan fingerprint density at radius 1 is 1.13 bits per heavy atom. The van der Waals surface area contributed by atoms with Crippen LogP contribution in [0.3, 0.4) is 0 Å². The highest BCUT2D eigenvalue weighted by atomic mass is 35.5. The summed E-state index contributed by atoms with van der Waals surface area (Å²) in [7, 11) is 0. The number of fused-ring (bicyclic) bond motifs is 1. The standard InChI is InChI=1S/C17H12Cl2N2O2/c18-12-6-7-13(19)14(9-12)21-16(22)10-23-15-5-1-3-11-4-2-8-20-17(11)15/h1-9H,10H2,(H,21,22). The molecule has 2 aromatic carbocycles. The third-order valence-electron chi connectivity index (χ3n) is 3.16. The zero-order valence-electron chi connectivity index (χ0n) is 11.9. The smallest absolute Gasteiger partial charge is 0.262 e. The van der Waals surface area contributed by atoms with Gasteiger partial charge in [-0.3, -0.25) is 9.78 Å². The van der Waals surface area contributed by atoms with Gasteiger partial charge >= 0.3 is 0 Å². The van der Waals surface area contributed by atoms with Crippen LogP contribution in [0.5, 0.6) is 5.75 Å². The molecule has 23 heavy (non-hydrogen) atoms. The van der Waals surface area contributed by atoms with Gasteiger partial charge in [-0.25, -0.2) is 0 Å². The van der Waals surface area contributed by atoms with E-state index in [4.69, 9.17) is 27.9 Å². The first-order valence-corrected chi connectivity index (χ1v) is 7.60. The molecular formula is C17H12Cl2N2O2. The predicted molar refractivity (Wildman–Crippen MR) is 92.3 cm³/mol. The summed E-state index contributed by atoms with van der Waals surface area (Å²) in [5.74, 6) is 0.220. The van der Waals surface area contributed by atoms with Crippen LogP contribution in [0.1, 0.15) is 0 Å². The van der Waals surface area contributed by atoms with E-state index in [-0.39, 0.29) is 12.5 Å². The summed E-state index contributed by atoms with van der Waals surface area (Å²) in [6.07, 6.45) is 1.68. The molecule has 0 spiro atoms. The molecule has 1 amide bonds. The van der Waals surface area contributed by atoms with Gasteiger partial charge in [0, 0.05) is 16.6 Å². The summed E-state index contributed by atoms with van der Waals surface area (Å²) in [4.78, 5) is 16.3. The van der Waals surface area contributed by atoms with Crippen LogP contribution < -0.4 is 10.1 Å². The maximum atomic E-state index is 12.0. The summed E-state index contributed by atoms with van der Waals surface area (Å²) in [5, 5.41) is 4.52. The van der Waals surface area contributed by atoms with Crippen molar-refractivity contribution in [2.24, 2.45) is 0 Å². The van der Waals surface area contributed by atoms with Crippen LogP contribution in [0, 0.1) is 0 Å². The number of hydrogen-bond acceptors (Lipinski definition) is 3. The van der Waals surface area contributed by atoms with E-state index < -0.39 is 0 Å². The molecule has 3 aromatic rings. The first-order chi connectivity index (χ1) is 11.1. The molecule has 0 aliphatic carbocycles. The molecule has 4 nitrogen and oxygen atoms in total. The van der Waals surface area contributed by atoms with E-state index in [1.807, 2.05) is 24.3 Å². The van der Waals surface area contributed by atoms with E-state index in [2.05, 4.69) is 10.3 Å². The Balaban J connectivity index is 1.70. The summed E-state index contributed by atoms with van der Waals surface area (Å²) < 4.78 is 5.57. The molecule has 1 N–H and O–H groups in total. The number of nitrogens with one attached hydrogen (secondary N) is 1. The number of benzene rings is 2. The van der Waals surface area contributed by atoms with Crippen molar-refractivity contribution in [2.75, 3.05) is 11.9 Å². The lowest BCUT2D eigenvalue weighted by atomic mass is 10.2. The van der Waals surface area contributed by atoms with Crippen LogP contribution in [0.15, 0.2) is 54.7 Å². The van der Waals surface area contributed by atoms with E-state index in [9.17, 15) is 4.79 Å². The molecule has 0 aliphatic heterocycles. The zero-order valence-corrected chi connectivity index (χ0v) is 13.4. The Morgan fingerprint density at radius 2 is 1.96 bits per heavy atom. The van der Waals surface area contributed by atoms with Crippen molar-refractivity contribution in [1.82, 2.24) is 4.98 Å². The maximum Gasteiger partial charge on any atom is 0.262 e. The summed E-state index contributed by atoms with van der Waals surface area (Å²) in [6, 6.07) is 14.2. The third-order valence-corrected chi connectivity index (χ3v) is 3.72. The number of carbonyl (C=O) groups is 1. The topological polar surface area (TPSA) is 51.2 Å². The van der Waals surface area contributed by atoms with E-state index >= 15 is 0 Å². The maximum absolute atomic E-state index is 12.0.